The highest BCUT2D eigenvalue weighted by atomic mass is 32.1. The van der Waals surface area contributed by atoms with Crippen LogP contribution in [0.5, 0.6) is 0 Å². The van der Waals surface area contributed by atoms with E-state index in [9.17, 15) is 4.79 Å². The van der Waals surface area contributed by atoms with E-state index >= 15 is 0 Å². The van der Waals surface area contributed by atoms with Crippen LogP contribution in [0, 0.1) is 6.92 Å². The predicted molar refractivity (Wildman–Crippen MR) is 125 cm³/mol. The maximum atomic E-state index is 12.9. The monoisotopic (exact) mass is 453 g/mol. The van der Waals surface area contributed by atoms with Crippen molar-refractivity contribution >= 4 is 39.0 Å². The van der Waals surface area contributed by atoms with Crippen LogP contribution in [-0.4, -0.2) is 59.2 Å². The fraction of sp³-hybridized carbons (Fsp3) is 0.455. The summed E-state index contributed by atoms with van der Waals surface area (Å²) >= 11 is 1.31. The van der Waals surface area contributed by atoms with Crippen molar-refractivity contribution in [2.24, 2.45) is 5.73 Å². The fourth-order valence-corrected chi connectivity index (χ4v) is 5.55. The summed E-state index contributed by atoms with van der Waals surface area (Å²) in [7, 11) is 1.70. The summed E-state index contributed by atoms with van der Waals surface area (Å²) < 4.78 is 5.46. The lowest BCUT2D eigenvalue weighted by atomic mass is 9.91. The molecule has 1 fully saturated rings. The molecular weight excluding hydrogens is 426 g/mol. The fourth-order valence-electron chi connectivity index (χ4n) is 4.54. The van der Waals surface area contributed by atoms with Gasteiger partial charge in [0.25, 0.3) is 5.91 Å². The Bertz CT molecular complexity index is 1180. The zero-order valence-electron chi connectivity index (χ0n) is 18.2. The first-order valence-electron chi connectivity index (χ1n) is 10.8. The smallest absolute Gasteiger partial charge is 0.263 e. The largest absolute Gasteiger partial charge is 0.397 e. The Kier molecular flexibility index (Phi) is 5.44. The minimum absolute atomic E-state index is 0.00587. The number of nitrogen functional groups attached to an aromatic ring is 1. The van der Waals surface area contributed by atoms with Gasteiger partial charge in [0.1, 0.15) is 21.3 Å². The third-order valence-electron chi connectivity index (χ3n) is 6.33. The van der Waals surface area contributed by atoms with Crippen LogP contribution < -0.4 is 21.7 Å². The Morgan fingerprint density at radius 1 is 1.31 bits per heavy atom. The maximum absolute atomic E-state index is 12.9. The van der Waals surface area contributed by atoms with Gasteiger partial charge in [-0.05, 0) is 37.8 Å². The molecule has 3 unspecified atom stereocenters. The molecule has 0 spiro atoms. The molecule has 4 heterocycles. The third-order valence-corrected chi connectivity index (χ3v) is 7.45. The number of pyridine rings is 1. The number of methoxy groups -OCH3 is 1. The average Bonchev–Trinajstić information content (AvgIpc) is 3.32. The Morgan fingerprint density at radius 3 is 2.94 bits per heavy atom. The zero-order chi connectivity index (χ0) is 22.4. The van der Waals surface area contributed by atoms with E-state index in [-0.39, 0.29) is 24.1 Å². The SMILES string of the molecule is COC1CN(c2ccc3c(n2)CCC(NC(=O)c2sc4nc(C)ncc4c2N)C3)CC1N. The van der Waals surface area contributed by atoms with E-state index in [1.165, 1.54) is 16.9 Å². The molecule has 1 saturated heterocycles. The van der Waals surface area contributed by atoms with E-state index in [4.69, 9.17) is 21.2 Å². The predicted octanol–water partition coefficient (Wildman–Crippen LogP) is 1.43. The average molecular weight is 454 g/mol. The number of hydrogen-bond donors (Lipinski definition) is 3. The van der Waals surface area contributed by atoms with Gasteiger partial charge in [0, 0.05) is 38.1 Å². The molecule has 168 valence electrons. The first-order chi connectivity index (χ1) is 15.4. The summed E-state index contributed by atoms with van der Waals surface area (Å²) in [6.07, 6.45) is 4.11. The summed E-state index contributed by atoms with van der Waals surface area (Å²) in [5, 5.41) is 3.88. The second-order valence-electron chi connectivity index (χ2n) is 8.51. The number of fused-ring (bicyclic) bond motifs is 2. The van der Waals surface area contributed by atoms with Crippen LogP contribution in [0.2, 0.25) is 0 Å². The molecule has 3 aromatic rings. The standard InChI is InChI=1S/C22H27N7O2S/c1-11-25-8-14-19(24)20(32-22(14)26-11)21(30)27-13-4-5-16-12(7-13)3-6-18(28-16)29-9-15(23)17(10-29)31-2/h3,6,8,13,15,17H,4-5,7,9-10,23-24H2,1-2H3,(H,27,30). The van der Waals surface area contributed by atoms with Crippen molar-refractivity contribution in [2.75, 3.05) is 30.8 Å². The number of nitrogens with two attached hydrogens (primary N) is 2. The molecule has 1 aliphatic carbocycles. The van der Waals surface area contributed by atoms with E-state index in [1.807, 2.05) is 13.0 Å². The van der Waals surface area contributed by atoms with Crippen molar-refractivity contribution in [2.45, 2.75) is 44.4 Å². The van der Waals surface area contributed by atoms with Crippen LogP contribution in [0.3, 0.4) is 0 Å². The normalized spacial score (nSPS) is 22.8. The molecule has 9 nitrogen and oxygen atoms in total. The van der Waals surface area contributed by atoms with Gasteiger partial charge in [-0.25, -0.2) is 15.0 Å². The molecule has 3 aromatic heterocycles. The minimum atomic E-state index is -0.155. The number of rotatable bonds is 4. The highest BCUT2D eigenvalue weighted by Gasteiger charge is 2.31. The number of aryl methyl sites for hydroxylation is 2. The van der Waals surface area contributed by atoms with Crippen LogP contribution in [-0.2, 0) is 17.6 Å². The second-order valence-corrected chi connectivity index (χ2v) is 9.51. The molecule has 1 amide bonds. The van der Waals surface area contributed by atoms with Crippen molar-refractivity contribution in [1.29, 1.82) is 0 Å². The highest BCUT2D eigenvalue weighted by Crippen LogP contribution is 2.32. The van der Waals surface area contributed by atoms with Gasteiger partial charge in [0.15, 0.2) is 0 Å². The van der Waals surface area contributed by atoms with Gasteiger partial charge < -0.3 is 26.4 Å². The van der Waals surface area contributed by atoms with Crippen LogP contribution in [0.25, 0.3) is 10.2 Å². The van der Waals surface area contributed by atoms with Crippen molar-refractivity contribution in [3.63, 3.8) is 0 Å². The van der Waals surface area contributed by atoms with Crippen molar-refractivity contribution < 1.29 is 9.53 Å². The van der Waals surface area contributed by atoms with Gasteiger partial charge in [0.2, 0.25) is 0 Å². The van der Waals surface area contributed by atoms with Crippen LogP contribution in [0.4, 0.5) is 11.5 Å². The number of ether oxygens (including phenoxy) is 1. The molecule has 0 bridgehead atoms. The quantitative estimate of drug-likeness (QED) is 0.540. The Labute approximate surface area is 190 Å². The number of nitrogens with zero attached hydrogens (tertiary/aromatic N) is 4. The summed E-state index contributed by atoms with van der Waals surface area (Å²) in [5.41, 5.74) is 15.1. The van der Waals surface area contributed by atoms with E-state index in [0.717, 1.165) is 54.1 Å². The molecule has 5 rings (SSSR count). The second kappa shape index (κ2) is 8.27. The summed E-state index contributed by atoms with van der Waals surface area (Å²) in [6.45, 7) is 3.31. The molecule has 5 N–H and O–H groups in total. The molecule has 1 aliphatic heterocycles. The summed E-state index contributed by atoms with van der Waals surface area (Å²) in [5.74, 6) is 1.45. The van der Waals surface area contributed by atoms with Gasteiger partial charge in [-0.15, -0.1) is 11.3 Å². The first kappa shape index (κ1) is 21.0. The Hall–Kier alpha value is -2.82. The lowest BCUT2D eigenvalue weighted by Gasteiger charge is -2.26. The number of thiophene rings is 1. The zero-order valence-corrected chi connectivity index (χ0v) is 19.0. The molecule has 0 saturated carbocycles. The lowest BCUT2D eigenvalue weighted by molar-refractivity contribution is 0.0938. The number of anilines is 2. The van der Waals surface area contributed by atoms with E-state index in [0.29, 0.717) is 16.4 Å². The summed E-state index contributed by atoms with van der Waals surface area (Å²) in [6, 6.07) is 4.19. The van der Waals surface area contributed by atoms with E-state index in [2.05, 4.69) is 26.3 Å². The minimum Gasteiger partial charge on any atom is -0.397 e. The van der Waals surface area contributed by atoms with Gasteiger partial charge >= 0.3 is 0 Å². The first-order valence-corrected chi connectivity index (χ1v) is 11.6. The third kappa shape index (κ3) is 3.78. The number of hydrogen-bond acceptors (Lipinski definition) is 9. The van der Waals surface area contributed by atoms with Crippen molar-refractivity contribution in [3.8, 4) is 0 Å². The van der Waals surface area contributed by atoms with Crippen LogP contribution >= 0.6 is 11.3 Å². The number of amides is 1. The van der Waals surface area contributed by atoms with Crippen molar-refractivity contribution in [1.82, 2.24) is 20.3 Å². The number of carbonyl (C=O) groups excluding carboxylic acids is 1. The van der Waals surface area contributed by atoms with Gasteiger partial charge in [0.05, 0.1) is 23.2 Å². The van der Waals surface area contributed by atoms with Gasteiger partial charge in [-0.2, -0.15) is 0 Å². The summed E-state index contributed by atoms with van der Waals surface area (Å²) in [4.78, 5) is 29.8. The highest BCUT2D eigenvalue weighted by molar-refractivity contribution is 7.21. The Balaban J connectivity index is 1.28. The number of aromatic nitrogens is 3. The molecule has 32 heavy (non-hydrogen) atoms. The molecule has 10 heteroatoms. The van der Waals surface area contributed by atoms with Gasteiger partial charge in [-0.3, -0.25) is 4.79 Å². The molecule has 2 aliphatic rings. The van der Waals surface area contributed by atoms with Crippen molar-refractivity contribution in [3.05, 3.63) is 40.3 Å². The van der Waals surface area contributed by atoms with E-state index < -0.39 is 0 Å². The maximum Gasteiger partial charge on any atom is 0.263 e. The number of nitrogens with one attached hydrogen (secondary N) is 1. The molecule has 3 atom stereocenters. The topological polar surface area (TPSA) is 132 Å². The molecular formula is C22H27N7O2S. The van der Waals surface area contributed by atoms with E-state index in [1.54, 1.807) is 13.3 Å². The molecule has 0 aromatic carbocycles. The van der Waals surface area contributed by atoms with Gasteiger partial charge in [-0.1, -0.05) is 6.07 Å². The molecule has 0 radical (unpaired) electrons. The number of carbonyl (C=O) groups is 1. The van der Waals surface area contributed by atoms with Crippen LogP contribution in [0.1, 0.15) is 33.2 Å². The lowest BCUT2D eigenvalue weighted by Crippen LogP contribution is -2.39. The Morgan fingerprint density at radius 2 is 2.16 bits per heavy atom. The van der Waals surface area contributed by atoms with Crippen LogP contribution in [0.15, 0.2) is 18.3 Å².